The number of fused-ring (bicyclic) bond motifs is 1. The van der Waals surface area contributed by atoms with Gasteiger partial charge in [0.15, 0.2) is 6.29 Å². The van der Waals surface area contributed by atoms with Crippen molar-refractivity contribution < 1.29 is 23.0 Å². The summed E-state index contributed by atoms with van der Waals surface area (Å²) in [6.07, 6.45) is 0.797. The van der Waals surface area contributed by atoms with Gasteiger partial charge in [-0.15, -0.1) is 0 Å². The highest BCUT2D eigenvalue weighted by atomic mass is 32.2. The lowest BCUT2D eigenvalue weighted by Crippen LogP contribution is -2.47. The summed E-state index contributed by atoms with van der Waals surface area (Å²) in [7, 11) is -3.63. The number of sulfonamides is 1. The average molecular weight is 759 g/mol. The molecule has 0 aliphatic carbocycles. The number of benzene rings is 5. The number of nitrogens with one attached hydrogen (secondary N) is 2. The third kappa shape index (κ3) is 8.09. The first-order valence-corrected chi connectivity index (χ1v) is 20.4. The van der Waals surface area contributed by atoms with Crippen molar-refractivity contribution in [1.29, 1.82) is 0 Å². The zero-order chi connectivity index (χ0) is 37.9. The Morgan fingerprint density at radius 3 is 2.24 bits per heavy atom. The first-order chi connectivity index (χ1) is 26.8. The fraction of sp³-hybridized carbons (Fsp3) is 0.295. The normalized spacial score (nSPS) is 21.2. The van der Waals surface area contributed by atoms with E-state index < -0.39 is 16.3 Å². The Hall–Kier alpha value is -4.88. The second-order valence-electron chi connectivity index (χ2n) is 14.6. The Kier molecular flexibility index (Phi) is 10.8. The second-order valence-corrected chi connectivity index (χ2v) is 16.4. The minimum atomic E-state index is -3.63. The Morgan fingerprint density at radius 1 is 0.782 bits per heavy atom. The molecule has 2 aliphatic heterocycles. The number of aromatic amines is 1. The van der Waals surface area contributed by atoms with Crippen LogP contribution in [0.5, 0.6) is 0 Å². The van der Waals surface area contributed by atoms with Gasteiger partial charge in [-0.3, -0.25) is 4.57 Å². The van der Waals surface area contributed by atoms with Gasteiger partial charge in [0.25, 0.3) is 0 Å². The number of hydrogen-bond donors (Lipinski definition) is 3. The molecular formula is C44H46N4O6S. The first kappa shape index (κ1) is 37.1. The molecule has 3 heterocycles. The molecule has 0 amide bonds. The van der Waals surface area contributed by atoms with Crippen LogP contribution in [0.4, 0.5) is 0 Å². The van der Waals surface area contributed by atoms with Gasteiger partial charge in [-0.25, -0.2) is 17.9 Å². The highest BCUT2D eigenvalue weighted by Crippen LogP contribution is 2.42. The zero-order valence-corrected chi connectivity index (χ0v) is 31.6. The largest absolute Gasteiger partial charge is 0.392 e. The van der Waals surface area contributed by atoms with Crippen molar-refractivity contribution in [2.75, 3.05) is 19.6 Å². The van der Waals surface area contributed by atoms with E-state index >= 15 is 0 Å². The lowest BCUT2D eigenvalue weighted by Gasteiger charge is -2.44. The molecule has 55 heavy (non-hydrogen) atoms. The number of ether oxygens (including phenoxy) is 2. The summed E-state index contributed by atoms with van der Waals surface area (Å²) in [5.41, 5.74) is 7.38. The van der Waals surface area contributed by atoms with Gasteiger partial charge < -0.3 is 24.5 Å². The molecule has 4 atom stereocenters. The molecule has 5 aromatic carbocycles. The Labute approximate surface area is 321 Å². The number of H-pyrrole nitrogens is 1. The quantitative estimate of drug-likeness (QED) is 0.129. The number of aliphatic hydroxyl groups excluding tert-OH is 1. The number of rotatable bonds is 11. The van der Waals surface area contributed by atoms with Gasteiger partial charge >= 0.3 is 5.69 Å². The van der Waals surface area contributed by atoms with Gasteiger partial charge in [0, 0.05) is 43.7 Å². The third-order valence-corrected chi connectivity index (χ3v) is 12.5. The molecule has 0 radical (unpaired) electrons. The minimum absolute atomic E-state index is 0.0189. The maximum absolute atomic E-state index is 12.9. The standard InChI is InChI=1S/C44H46N4O6S/c1-30-41(28-47-24-22-37(23-25-47)48-40-13-6-5-12-39(40)46-44(48)50)53-43(54-42(30)34-16-14-31(29-49)15-17-34)35-20-18-33(19-21-35)36-9-7-8-32(26-36)27-45-55(51,52)38-10-3-2-4-11-38/h2-21,26,30,37,41-43,45,49H,22-25,27-29H2,1H3,(H,46,50)/t30-,41+,42+,43+/m0/s1. The highest BCUT2D eigenvalue weighted by molar-refractivity contribution is 7.89. The predicted molar refractivity (Wildman–Crippen MR) is 213 cm³/mol. The first-order valence-electron chi connectivity index (χ1n) is 18.9. The molecule has 10 nitrogen and oxygen atoms in total. The number of nitrogens with zero attached hydrogens (tertiary/aromatic N) is 2. The van der Waals surface area contributed by atoms with Crippen molar-refractivity contribution in [1.82, 2.24) is 19.2 Å². The molecule has 284 valence electrons. The number of imidazole rings is 1. The number of likely N-dealkylation sites (tertiary alicyclic amines) is 1. The van der Waals surface area contributed by atoms with E-state index in [1.54, 1.807) is 30.3 Å². The summed E-state index contributed by atoms with van der Waals surface area (Å²) in [5, 5.41) is 9.67. The summed E-state index contributed by atoms with van der Waals surface area (Å²) in [5.74, 6) is 0.0477. The SMILES string of the molecule is C[C@H]1[C@@H](CN2CCC(n3c(=O)[nH]c4ccccc43)CC2)O[C@@H](c2ccc(-c3cccc(CNS(=O)(=O)c4ccccc4)c3)cc2)O[C@H]1c1ccc(CO)cc1. The summed E-state index contributed by atoms with van der Waals surface area (Å²) in [4.78, 5) is 18.6. The summed E-state index contributed by atoms with van der Waals surface area (Å²) < 4.78 is 43.8. The molecule has 0 bridgehead atoms. The molecule has 2 saturated heterocycles. The van der Waals surface area contributed by atoms with E-state index in [0.717, 1.165) is 76.9 Å². The smallest absolute Gasteiger partial charge is 0.326 e. The maximum atomic E-state index is 12.9. The van der Waals surface area contributed by atoms with Crippen LogP contribution in [0.3, 0.4) is 0 Å². The van der Waals surface area contributed by atoms with Crippen LogP contribution in [0.15, 0.2) is 137 Å². The molecule has 0 spiro atoms. The molecule has 2 fully saturated rings. The Balaban J connectivity index is 0.975. The van der Waals surface area contributed by atoms with E-state index in [9.17, 15) is 18.3 Å². The van der Waals surface area contributed by atoms with Gasteiger partial charge in [-0.2, -0.15) is 0 Å². The molecule has 2 aliphatic rings. The van der Waals surface area contributed by atoms with E-state index in [2.05, 4.69) is 21.5 Å². The van der Waals surface area contributed by atoms with Crippen molar-refractivity contribution in [3.05, 3.63) is 160 Å². The summed E-state index contributed by atoms with van der Waals surface area (Å²) in [6, 6.07) is 40.4. The molecule has 6 aromatic rings. The van der Waals surface area contributed by atoms with Crippen molar-refractivity contribution in [3.8, 4) is 11.1 Å². The molecule has 1 aromatic heterocycles. The van der Waals surface area contributed by atoms with Gasteiger partial charge in [0.05, 0.1) is 34.7 Å². The third-order valence-electron chi connectivity index (χ3n) is 11.1. The van der Waals surface area contributed by atoms with Crippen LogP contribution in [0.25, 0.3) is 22.2 Å². The molecular weight excluding hydrogens is 713 g/mol. The summed E-state index contributed by atoms with van der Waals surface area (Å²) in [6.45, 7) is 4.78. The number of aliphatic hydroxyl groups is 1. The fourth-order valence-electron chi connectivity index (χ4n) is 7.93. The van der Waals surface area contributed by atoms with Crippen LogP contribution in [-0.4, -0.2) is 53.7 Å². The van der Waals surface area contributed by atoms with Crippen molar-refractivity contribution in [2.24, 2.45) is 5.92 Å². The minimum Gasteiger partial charge on any atom is -0.392 e. The van der Waals surface area contributed by atoms with E-state index in [0.29, 0.717) is 0 Å². The lowest BCUT2D eigenvalue weighted by molar-refractivity contribution is -0.276. The average Bonchev–Trinajstić information content (AvgIpc) is 3.57. The summed E-state index contributed by atoms with van der Waals surface area (Å²) >= 11 is 0. The van der Waals surface area contributed by atoms with Crippen molar-refractivity contribution >= 4 is 21.1 Å². The van der Waals surface area contributed by atoms with Gasteiger partial charge in [0.2, 0.25) is 10.0 Å². The molecule has 0 saturated carbocycles. The molecule has 11 heteroatoms. The van der Waals surface area contributed by atoms with Gasteiger partial charge in [0.1, 0.15) is 0 Å². The van der Waals surface area contributed by atoms with Crippen LogP contribution in [-0.2, 0) is 32.6 Å². The number of aromatic nitrogens is 2. The second kappa shape index (κ2) is 16.1. The Morgan fingerprint density at radius 2 is 1.49 bits per heavy atom. The zero-order valence-electron chi connectivity index (χ0n) is 30.8. The maximum Gasteiger partial charge on any atom is 0.326 e. The van der Waals surface area contributed by atoms with Gasteiger partial charge in [-0.05, 0) is 71.0 Å². The number of hydrogen-bond acceptors (Lipinski definition) is 7. The molecule has 0 unspecified atom stereocenters. The van der Waals surface area contributed by atoms with Crippen molar-refractivity contribution in [2.45, 2.75) is 62.4 Å². The van der Waals surface area contributed by atoms with Crippen LogP contribution in [0, 0.1) is 5.92 Å². The van der Waals surface area contributed by atoms with E-state index in [4.69, 9.17) is 9.47 Å². The van der Waals surface area contributed by atoms with Crippen LogP contribution < -0.4 is 10.4 Å². The molecule has 3 N–H and O–H groups in total. The van der Waals surface area contributed by atoms with Crippen molar-refractivity contribution in [3.63, 3.8) is 0 Å². The van der Waals surface area contributed by atoms with E-state index in [-0.39, 0.29) is 47.9 Å². The van der Waals surface area contributed by atoms with Crippen LogP contribution in [0.1, 0.15) is 60.5 Å². The van der Waals surface area contributed by atoms with Crippen LogP contribution in [0.2, 0.25) is 0 Å². The predicted octanol–water partition coefficient (Wildman–Crippen LogP) is 7.10. The van der Waals surface area contributed by atoms with Crippen LogP contribution >= 0.6 is 0 Å². The number of piperidine rings is 1. The molecule has 8 rings (SSSR count). The highest BCUT2D eigenvalue weighted by Gasteiger charge is 2.39. The van der Waals surface area contributed by atoms with Gasteiger partial charge in [-0.1, -0.05) is 104 Å². The number of para-hydroxylation sites is 2. The topological polar surface area (TPSA) is 126 Å². The van der Waals surface area contributed by atoms with E-state index in [1.165, 1.54) is 0 Å². The monoisotopic (exact) mass is 758 g/mol. The lowest BCUT2D eigenvalue weighted by atomic mass is 9.89. The van der Waals surface area contributed by atoms with E-state index in [1.807, 2.05) is 102 Å². The Bertz CT molecular complexity index is 2390. The fourth-order valence-corrected chi connectivity index (χ4v) is 8.97.